The quantitative estimate of drug-likeness (QED) is 0.0478. The summed E-state index contributed by atoms with van der Waals surface area (Å²) in [7, 11) is 17.5. The van der Waals surface area contributed by atoms with Gasteiger partial charge in [-0.2, -0.15) is 0 Å². The molecular formula is C85H119F3N4O14. The van der Waals surface area contributed by atoms with E-state index in [0.29, 0.717) is 28.4 Å². The van der Waals surface area contributed by atoms with Gasteiger partial charge in [-0.05, 0) is 243 Å². The van der Waals surface area contributed by atoms with E-state index in [0.717, 1.165) is 77.8 Å². The first-order chi connectivity index (χ1) is 50.3. The molecule has 5 aromatic rings. The topological polar surface area (TPSA) is 218 Å². The van der Waals surface area contributed by atoms with Crippen LogP contribution in [0.4, 0.5) is 13.2 Å². The molecule has 6 bridgehead atoms. The number of alkyl halides is 3. The van der Waals surface area contributed by atoms with Crippen molar-refractivity contribution in [3.63, 3.8) is 0 Å². The minimum absolute atomic E-state index is 0.103. The molecule has 106 heavy (non-hydrogen) atoms. The Balaban J connectivity index is 0.000000168. The number of rotatable bonds is 23. The zero-order valence-corrected chi connectivity index (χ0v) is 64.8. The van der Waals surface area contributed by atoms with E-state index in [1.807, 2.05) is 36.4 Å². The number of para-hydroxylation sites is 1. The number of carboxylic acids is 4. The molecule has 2 aliphatic heterocycles. The molecule has 2 heterocycles. The molecule has 4 saturated carbocycles. The van der Waals surface area contributed by atoms with Crippen LogP contribution in [0.15, 0.2) is 115 Å². The highest BCUT2D eigenvalue weighted by atomic mass is 19.4. The van der Waals surface area contributed by atoms with Crippen molar-refractivity contribution in [2.45, 2.75) is 197 Å². The minimum atomic E-state index is -4.70. The number of likely N-dealkylation sites (N-methyl/N-ethyl adjacent to an activating group) is 4. The van der Waals surface area contributed by atoms with Crippen LogP contribution >= 0.6 is 0 Å². The van der Waals surface area contributed by atoms with Crippen molar-refractivity contribution >= 4 is 23.9 Å². The lowest BCUT2D eigenvalue weighted by atomic mass is 9.52. The number of likely N-dealkylation sites (tertiary alicyclic amines) is 2. The van der Waals surface area contributed by atoms with Crippen LogP contribution in [0, 0.1) is 28.6 Å². The van der Waals surface area contributed by atoms with Gasteiger partial charge < -0.3 is 63.7 Å². The maximum absolute atomic E-state index is 12.6. The van der Waals surface area contributed by atoms with E-state index in [1.165, 1.54) is 115 Å². The number of fused-ring (bicyclic) bond motifs is 4. The van der Waals surface area contributed by atoms with Gasteiger partial charge in [0.25, 0.3) is 0 Å². The van der Waals surface area contributed by atoms with Gasteiger partial charge in [0.05, 0.1) is 59.2 Å². The molecule has 0 radical (unpaired) electrons. The summed E-state index contributed by atoms with van der Waals surface area (Å²) < 4.78 is 70.7. The monoisotopic (exact) mass is 1480 g/mol. The van der Waals surface area contributed by atoms with Crippen LogP contribution in [0.1, 0.15) is 169 Å². The van der Waals surface area contributed by atoms with Crippen molar-refractivity contribution < 1.29 is 81.2 Å². The summed E-state index contributed by atoms with van der Waals surface area (Å²) >= 11 is 0. The van der Waals surface area contributed by atoms with Crippen LogP contribution in [0.25, 0.3) is 0 Å². The highest BCUT2D eigenvalue weighted by molar-refractivity contribution is 5.75. The second-order valence-electron chi connectivity index (χ2n) is 31.7. The zero-order chi connectivity index (χ0) is 77.2. The van der Waals surface area contributed by atoms with Crippen LogP contribution in [0.2, 0.25) is 0 Å². The van der Waals surface area contributed by atoms with E-state index >= 15 is 0 Å². The molecular weight excluding hydrogens is 1360 g/mol. The molecule has 6 aliphatic carbocycles. The van der Waals surface area contributed by atoms with E-state index in [9.17, 15) is 32.3 Å². The summed E-state index contributed by atoms with van der Waals surface area (Å²) in [6, 6.07) is 41.3. The first-order valence-corrected chi connectivity index (χ1v) is 38.0. The average molecular weight is 1480 g/mol. The number of hydrogen-bond donors (Lipinski definition) is 4. The van der Waals surface area contributed by atoms with Crippen molar-refractivity contribution in [3.05, 3.63) is 154 Å². The van der Waals surface area contributed by atoms with Gasteiger partial charge in [-0.15, -0.1) is 13.2 Å². The largest absolute Gasteiger partial charge is 0.522 e. The fraction of sp³-hybridized carbons (Fsp3) is 0.600. The predicted molar refractivity (Wildman–Crippen MR) is 405 cm³/mol. The third kappa shape index (κ3) is 20.7. The van der Waals surface area contributed by atoms with Gasteiger partial charge in [-0.3, -0.25) is 23.9 Å². The van der Waals surface area contributed by atoms with Crippen LogP contribution in [-0.2, 0) is 70.8 Å². The molecule has 8 aliphatic rings. The molecule has 584 valence electrons. The van der Waals surface area contributed by atoms with Crippen LogP contribution < -0.4 is 18.9 Å². The lowest BCUT2D eigenvalue weighted by Crippen LogP contribution is -2.59. The Morgan fingerprint density at radius 1 is 0.575 bits per heavy atom. The van der Waals surface area contributed by atoms with Crippen molar-refractivity contribution in [2.75, 3.05) is 103 Å². The van der Waals surface area contributed by atoms with Crippen LogP contribution in [-0.4, -0.2) is 191 Å². The molecule has 5 aromatic carbocycles. The molecule has 10 atom stereocenters. The zero-order valence-electron chi connectivity index (χ0n) is 64.8. The number of carboxylic acid groups (broad SMARTS) is 4. The maximum atomic E-state index is 12.6. The third-order valence-corrected chi connectivity index (χ3v) is 24.8. The third-order valence-electron chi connectivity index (χ3n) is 24.8. The first kappa shape index (κ1) is 84.4. The summed E-state index contributed by atoms with van der Waals surface area (Å²) in [6.45, 7) is 11.6. The second-order valence-corrected chi connectivity index (χ2v) is 31.7. The van der Waals surface area contributed by atoms with E-state index < -0.39 is 36.3 Å². The Morgan fingerprint density at radius 2 is 1.08 bits per heavy atom. The number of halogens is 3. The van der Waals surface area contributed by atoms with Gasteiger partial charge >= 0.3 is 30.2 Å². The molecule has 2 unspecified atom stereocenters. The summed E-state index contributed by atoms with van der Waals surface area (Å²) in [4.78, 5) is 47.7. The van der Waals surface area contributed by atoms with Gasteiger partial charge in [0, 0.05) is 41.4 Å². The molecule has 18 nitrogen and oxygen atoms in total. The summed E-state index contributed by atoms with van der Waals surface area (Å²) in [6.07, 6.45) is 14.7. The molecule has 4 N–H and O–H groups in total. The summed E-state index contributed by atoms with van der Waals surface area (Å²) in [5, 5.41) is 31.6. The number of carbonyl (C=O) groups is 4. The molecule has 21 heteroatoms. The second kappa shape index (κ2) is 37.7. The number of nitrogens with zero attached hydrogens (tertiary/aromatic N) is 4. The van der Waals surface area contributed by atoms with Gasteiger partial charge in [0.2, 0.25) is 0 Å². The Labute approximate surface area is 627 Å². The van der Waals surface area contributed by atoms with Gasteiger partial charge in [-0.1, -0.05) is 119 Å². The van der Waals surface area contributed by atoms with Gasteiger partial charge in [0.1, 0.15) is 35.7 Å². The normalized spacial score (nSPS) is 25.8. The average Bonchev–Trinajstić information content (AvgIpc) is 1.49. The van der Waals surface area contributed by atoms with Crippen molar-refractivity contribution in [1.82, 2.24) is 19.6 Å². The Kier molecular flexibility index (Phi) is 30.0. The van der Waals surface area contributed by atoms with E-state index in [4.69, 9.17) is 44.1 Å². The van der Waals surface area contributed by atoms with Crippen LogP contribution in [0.5, 0.6) is 23.0 Å². The number of piperidine rings is 2. The summed E-state index contributed by atoms with van der Waals surface area (Å²) in [5.74, 6) is 1.65. The van der Waals surface area contributed by atoms with Crippen molar-refractivity contribution in [3.8, 4) is 23.0 Å². The van der Waals surface area contributed by atoms with Crippen molar-refractivity contribution in [2.24, 2.45) is 28.6 Å². The number of ether oxygens (including phenoxy) is 6. The lowest BCUT2D eigenvalue weighted by molar-refractivity contribution is -0.345. The maximum Gasteiger partial charge on any atom is 0.522 e. The molecule has 0 aromatic heterocycles. The fourth-order valence-corrected chi connectivity index (χ4v) is 19.0. The minimum Gasteiger partial charge on any atom is -0.497 e. The van der Waals surface area contributed by atoms with Gasteiger partial charge in [-0.25, -0.2) is 0 Å². The number of hydrogen-bond acceptors (Lipinski definition) is 14. The highest BCUT2D eigenvalue weighted by Gasteiger charge is 2.70. The van der Waals surface area contributed by atoms with Crippen molar-refractivity contribution in [1.29, 1.82) is 0 Å². The summed E-state index contributed by atoms with van der Waals surface area (Å²) in [5.41, 5.74) is 11.2. The number of aryl methyl sites for hydroxylation is 2. The standard InChI is InChI=1S/C21H26F3NO3.C20H31NO.2C18H25NO.2C4H6O4/c1-25(2)14-19(28-21(22,23)24)15-27-20-10-5-4-8-17(20)12-11-16-7-6-9-18(13-16)26-3;1-18(2)17-11-12-19(18,3)20(15-17,22-14-13-21(4)5)16-9-7-6-8-10-16;2*1-19-10-9-18-8-4-3-5-15(18)17(19)11-13-6-7-14(20-2)12-16(13)18;2*5-3(6)1-2-4(7)8/h4-10,13,19H,11-12,14-15H2,1-3H3;6-10,17H,11-15H2,1-5H3;2*6-7,12,15,17H,3-5,8-11H2,1-2H3;2*1-2H2,(H,5,6)(H,7,8)/t19-;17?,19?,20-;2*15-,17+,18+;;/m0011../s1. The van der Waals surface area contributed by atoms with Gasteiger partial charge in [0.15, 0.2) is 0 Å². The van der Waals surface area contributed by atoms with Crippen LogP contribution in [0.3, 0.4) is 0 Å². The molecule has 6 fully saturated rings. The van der Waals surface area contributed by atoms with E-state index in [1.54, 1.807) is 74.7 Å². The molecule has 2 saturated heterocycles. The molecule has 0 amide bonds. The molecule has 13 rings (SSSR count). The lowest BCUT2D eigenvalue weighted by Gasteiger charge is -2.58. The Morgan fingerprint density at radius 3 is 1.53 bits per heavy atom. The SMILES string of the molecule is CN(C)CCO[C@]1(c2ccccc2)CC2CCC1(C)C2(C)C.COc1ccc2c(c1)[C@]13CCCC[C@@H]1[C@H](C2)N(C)CC3.COc1ccc2c(c1)[C@]13CCCC[C@@H]1[C@H](C2)N(C)CC3.COc1cccc(CCc2ccccc2OC[C@H](CN(C)C)OC(F)(F)F)c1.O=C(O)CCC(=O)O.O=C(O)CCC(=O)O. The fourth-order valence-electron chi connectivity index (χ4n) is 19.0. The highest BCUT2D eigenvalue weighted by Crippen LogP contribution is 2.74. The number of benzene rings is 5. The first-order valence-electron chi connectivity index (χ1n) is 38.0. The predicted octanol–water partition coefficient (Wildman–Crippen LogP) is 15.3. The van der Waals surface area contributed by atoms with E-state index in [2.05, 4.69) is 135 Å². The number of aliphatic carboxylic acids is 4. The Bertz CT molecular complexity index is 3520. The van der Waals surface area contributed by atoms with E-state index in [-0.39, 0.29) is 49.9 Å². The molecule has 0 spiro atoms. The smallest absolute Gasteiger partial charge is 0.497 e. The Hall–Kier alpha value is -7.27. The number of methoxy groups -OCH3 is 3.